The third-order valence-electron chi connectivity index (χ3n) is 6.82. The lowest BCUT2D eigenvalue weighted by Crippen LogP contribution is -2.47. The van der Waals surface area contributed by atoms with Crippen LogP contribution in [0.1, 0.15) is 36.5 Å². The number of aliphatic hydroxyl groups is 1. The third kappa shape index (κ3) is 5.88. The zero-order valence-electron chi connectivity index (χ0n) is 21.0. The molecule has 3 aromatic rings. The molecule has 1 aliphatic heterocycles. The normalized spacial score (nSPS) is 16.6. The van der Waals surface area contributed by atoms with Gasteiger partial charge in [-0.15, -0.1) is 0 Å². The van der Waals surface area contributed by atoms with Crippen LogP contribution in [0.3, 0.4) is 0 Å². The number of anilines is 2. The lowest BCUT2D eigenvalue weighted by Gasteiger charge is -2.37. The molecule has 3 aromatic carbocycles. The van der Waals surface area contributed by atoms with E-state index in [1.54, 1.807) is 14.2 Å². The number of ether oxygens (including phenoxy) is 2. The molecule has 1 fully saturated rings. The van der Waals surface area contributed by atoms with Crippen LogP contribution in [0.25, 0.3) is 0 Å². The van der Waals surface area contributed by atoms with Gasteiger partial charge in [-0.05, 0) is 49.1 Å². The summed E-state index contributed by atoms with van der Waals surface area (Å²) in [6.07, 6.45) is 1.95. The maximum Gasteiger partial charge on any atom is 0.253 e. The fraction of sp³-hybridized carbons (Fsp3) is 0.429. The van der Waals surface area contributed by atoms with E-state index in [0.717, 1.165) is 48.4 Å². The monoisotopic (exact) mass is 493 g/mol. The van der Waals surface area contributed by atoms with E-state index in [4.69, 9.17) is 9.47 Å². The van der Waals surface area contributed by atoms with Crippen LogP contribution in [0.2, 0.25) is 0 Å². The fourth-order valence-electron chi connectivity index (χ4n) is 4.87. The molecule has 0 saturated carbocycles. The van der Waals surface area contributed by atoms with Crippen LogP contribution in [0.15, 0.2) is 58.1 Å². The molecule has 1 heterocycles. The summed E-state index contributed by atoms with van der Waals surface area (Å²) in [5, 5.41) is 17.4. The van der Waals surface area contributed by atoms with Crippen molar-refractivity contribution < 1.29 is 14.6 Å². The summed E-state index contributed by atoms with van der Waals surface area (Å²) in [6.45, 7) is 3.25. The van der Waals surface area contributed by atoms with E-state index < -0.39 is 17.0 Å². The van der Waals surface area contributed by atoms with Crippen LogP contribution >= 0.6 is 0 Å². The lowest BCUT2D eigenvalue weighted by atomic mass is 9.88. The predicted molar refractivity (Wildman–Crippen MR) is 142 cm³/mol. The Balaban J connectivity index is 1.27. The minimum atomic E-state index is -0.590. The first kappa shape index (κ1) is 25.7. The molecule has 0 radical (unpaired) electrons. The topological polar surface area (TPSA) is 100 Å². The molecule has 1 saturated heterocycles. The second-order valence-electron chi connectivity index (χ2n) is 9.26. The van der Waals surface area contributed by atoms with Crippen molar-refractivity contribution in [3.63, 3.8) is 0 Å². The number of aliphatic hydroxyl groups excluding tert-OH is 1. The van der Waals surface area contributed by atoms with Crippen molar-refractivity contribution >= 4 is 11.4 Å². The quantitative estimate of drug-likeness (QED) is 0.262. The molecule has 4 rings (SSSR count). The van der Waals surface area contributed by atoms with Crippen molar-refractivity contribution in [2.24, 2.45) is 5.92 Å². The van der Waals surface area contributed by atoms with Crippen LogP contribution in [-0.4, -0.2) is 45.5 Å². The number of nitrogens with zero attached hydrogens (tertiary/aromatic N) is 1. The Hall–Kier alpha value is -3.36. The second-order valence-corrected chi connectivity index (χ2v) is 9.26. The van der Waals surface area contributed by atoms with Crippen LogP contribution in [-0.2, 0) is 6.54 Å². The van der Waals surface area contributed by atoms with Gasteiger partial charge in [-0.3, -0.25) is 9.59 Å². The molecule has 2 atom stereocenters. The molecule has 2 unspecified atom stereocenters. The van der Waals surface area contributed by atoms with E-state index in [0.29, 0.717) is 37.6 Å². The summed E-state index contributed by atoms with van der Waals surface area (Å²) in [5.74, 6) is 1.51. The number of methoxy groups -OCH3 is 2. The molecule has 3 N–H and O–H groups in total. The molecular weight excluding hydrogens is 458 g/mol. The summed E-state index contributed by atoms with van der Waals surface area (Å²) < 4.78 is 10.6. The Bertz CT molecular complexity index is 1180. The summed E-state index contributed by atoms with van der Waals surface area (Å²) >= 11 is 0. The van der Waals surface area contributed by atoms with Gasteiger partial charge in [0.2, 0.25) is 0 Å². The smallest absolute Gasteiger partial charge is 0.253 e. The van der Waals surface area contributed by atoms with Gasteiger partial charge in [0.1, 0.15) is 22.9 Å². The Morgan fingerprint density at radius 2 is 1.75 bits per heavy atom. The highest BCUT2D eigenvalue weighted by Crippen LogP contribution is 2.33. The summed E-state index contributed by atoms with van der Waals surface area (Å²) in [6, 6.07) is 15.4. The Kier molecular flexibility index (Phi) is 8.61. The summed E-state index contributed by atoms with van der Waals surface area (Å²) in [7, 11) is 3.26. The van der Waals surface area contributed by atoms with E-state index >= 15 is 0 Å². The van der Waals surface area contributed by atoms with Crippen molar-refractivity contribution in [3.05, 3.63) is 80.1 Å². The molecular formula is C28H35N3O5. The van der Waals surface area contributed by atoms with Crippen LogP contribution in [0.4, 0.5) is 11.4 Å². The first-order valence-electron chi connectivity index (χ1n) is 12.5. The zero-order valence-corrected chi connectivity index (χ0v) is 21.0. The minimum Gasteiger partial charge on any atom is -0.497 e. The first-order valence-corrected chi connectivity index (χ1v) is 12.5. The maximum absolute atomic E-state index is 12.4. The highest BCUT2D eigenvalue weighted by molar-refractivity contribution is 5.75. The molecule has 1 aliphatic rings. The van der Waals surface area contributed by atoms with E-state index in [9.17, 15) is 14.7 Å². The molecule has 0 bridgehead atoms. The summed E-state index contributed by atoms with van der Waals surface area (Å²) in [5.41, 5.74) is 1.94. The SMILES string of the molecule is COc1cc(CNCCCNc2c(N3CCCC(C(O)c4ccccc4)C3)c(=O)c2=O)cc(OC)c1. The Labute approximate surface area is 211 Å². The molecule has 36 heavy (non-hydrogen) atoms. The molecule has 8 nitrogen and oxygen atoms in total. The number of rotatable bonds is 12. The van der Waals surface area contributed by atoms with Crippen molar-refractivity contribution in [2.75, 3.05) is 50.6 Å². The summed E-state index contributed by atoms with van der Waals surface area (Å²) in [4.78, 5) is 26.7. The van der Waals surface area contributed by atoms with Crippen molar-refractivity contribution in [2.45, 2.75) is 31.9 Å². The average Bonchev–Trinajstić information content (AvgIpc) is 2.93. The van der Waals surface area contributed by atoms with Gasteiger partial charge in [-0.1, -0.05) is 30.3 Å². The standard InChI is InChI=1S/C28H35N3O5/c1-35-22-14-19(15-23(16-22)36-2)17-29-11-7-12-30-24-25(28(34)27(24)33)31-13-6-10-21(18-31)26(32)20-8-4-3-5-9-20/h3-5,8-9,14-16,21,26,29-30,32H,6-7,10-13,17-18H2,1-2H3. The van der Waals surface area contributed by atoms with Crippen LogP contribution < -0.4 is 35.9 Å². The highest BCUT2D eigenvalue weighted by Gasteiger charge is 2.32. The van der Waals surface area contributed by atoms with Gasteiger partial charge in [0.05, 0.1) is 20.3 Å². The maximum atomic E-state index is 12.4. The second kappa shape index (κ2) is 12.1. The van der Waals surface area contributed by atoms with E-state index in [2.05, 4.69) is 10.6 Å². The molecule has 192 valence electrons. The predicted octanol–water partition coefficient (Wildman–Crippen LogP) is 2.84. The fourth-order valence-corrected chi connectivity index (χ4v) is 4.87. The molecule has 0 aliphatic carbocycles. The van der Waals surface area contributed by atoms with Gasteiger partial charge in [0, 0.05) is 38.2 Å². The number of piperidine rings is 1. The number of benzene rings is 2. The average molecular weight is 494 g/mol. The van der Waals surface area contributed by atoms with Crippen molar-refractivity contribution in [3.8, 4) is 11.5 Å². The Morgan fingerprint density at radius 1 is 1.03 bits per heavy atom. The van der Waals surface area contributed by atoms with Gasteiger partial charge < -0.3 is 30.1 Å². The van der Waals surface area contributed by atoms with Crippen molar-refractivity contribution in [1.29, 1.82) is 0 Å². The third-order valence-corrected chi connectivity index (χ3v) is 6.82. The van der Waals surface area contributed by atoms with E-state index in [1.807, 2.05) is 53.4 Å². The number of hydrogen-bond acceptors (Lipinski definition) is 8. The molecule has 8 heteroatoms. The largest absolute Gasteiger partial charge is 0.497 e. The van der Waals surface area contributed by atoms with Gasteiger partial charge in [-0.2, -0.15) is 0 Å². The number of nitrogens with one attached hydrogen (secondary N) is 2. The van der Waals surface area contributed by atoms with Crippen LogP contribution in [0, 0.1) is 5.92 Å². The van der Waals surface area contributed by atoms with E-state index in [-0.39, 0.29) is 5.92 Å². The van der Waals surface area contributed by atoms with Gasteiger partial charge in [0.15, 0.2) is 0 Å². The zero-order chi connectivity index (χ0) is 25.5. The lowest BCUT2D eigenvalue weighted by molar-refractivity contribution is 0.0981. The van der Waals surface area contributed by atoms with Gasteiger partial charge in [-0.25, -0.2) is 0 Å². The Morgan fingerprint density at radius 3 is 2.44 bits per heavy atom. The molecule has 0 aromatic heterocycles. The van der Waals surface area contributed by atoms with Crippen LogP contribution in [0.5, 0.6) is 11.5 Å². The van der Waals surface area contributed by atoms with E-state index in [1.165, 1.54) is 0 Å². The number of hydrogen-bond donors (Lipinski definition) is 3. The molecule has 0 amide bonds. The van der Waals surface area contributed by atoms with Gasteiger partial charge in [0.25, 0.3) is 10.9 Å². The highest BCUT2D eigenvalue weighted by atomic mass is 16.5. The van der Waals surface area contributed by atoms with Gasteiger partial charge >= 0.3 is 0 Å². The van der Waals surface area contributed by atoms with Crippen molar-refractivity contribution in [1.82, 2.24) is 5.32 Å². The molecule has 0 spiro atoms. The minimum absolute atomic E-state index is 0.0119. The first-order chi connectivity index (χ1) is 17.5.